The van der Waals surface area contributed by atoms with Crippen LogP contribution in [-0.4, -0.2) is 30.6 Å². The summed E-state index contributed by atoms with van der Waals surface area (Å²) in [4.78, 5) is 2.49. The molecule has 3 nitrogen and oxygen atoms in total. The number of nitriles is 1. The zero-order chi connectivity index (χ0) is 13.7. The number of benzene rings is 1. The Bertz CT molecular complexity index is 429. The van der Waals surface area contributed by atoms with Crippen molar-refractivity contribution in [3.63, 3.8) is 0 Å². The van der Waals surface area contributed by atoms with E-state index in [1.54, 1.807) is 12.1 Å². The molecule has 0 spiro atoms. The summed E-state index contributed by atoms with van der Waals surface area (Å²) < 4.78 is 5.74. The van der Waals surface area contributed by atoms with Crippen molar-refractivity contribution in [3.8, 4) is 11.8 Å². The highest BCUT2D eigenvalue weighted by Crippen LogP contribution is 2.30. The Morgan fingerprint density at radius 2 is 2.00 bits per heavy atom. The van der Waals surface area contributed by atoms with Crippen molar-refractivity contribution in [3.05, 3.63) is 29.8 Å². The second kappa shape index (κ2) is 6.58. The molecule has 0 aliphatic heterocycles. The predicted molar refractivity (Wildman–Crippen MR) is 76.1 cm³/mol. The summed E-state index contributed by atoms with van der Waals surface area (Å²) in [6, 6.07) is 9.99. The lowest BCUT2D eigenvalue weighted by Crippen LogP contribution is -2.36. The summed E-state index contributed by atoms with van der Waals surface area (Å²) in [5.41, 5.74) is 0.671. The largest absolute Gasteiger partial charge is 0.492 e. The number of ether oxygens (including phenoxy) is 1. The highest BCUT2D eigenvalue weighted by atomic mass is 16.5. The van der Waals surface area contributed by atoms with Gasteiger partial charge in [0.1, 0.15) is 12.4 Å². The summed E-state index contributed by atoms with van der Waals surface area (Å²) in [6.07, 6.45) is 2.78. The first-order valence-electron chi connectivity index (χ1n) is 7.06. The third-order valence-electron chi connectivity index (χ3n) is 3.55. The molecule has 3 heteroatoms. The molecule has 1 aliphatic carbocycles. The average Bonchev–Trinajstić information content (AvgIpc) is 3.22. The third kappa shape index (κ3) is 4.57. The topological polar surface area (TPSA) is 36.3 Å². The van der Waals surface area contributed by atoms with Gasteiger partial charge in [0.05, 0.1) is 11.6 Å². The molecule has 0 N–H and O–H groups in total. The van der Waals surface area contributed by atoms with E-state index in [1.807, 2.05) is 12.1 Å². The number of hydrogen-bond acceptors (Lipinski definition) is 3. The molecule has 0 radical (unpaired) electrons. The Morgan fingerprint density at radius 1 is 1.32 bits per heavy atom. The van der Waals surface area contributed by atoms with Crippen molar-refractivity contribution in [2.24, 2.45) is 5.92 Å². The van der Waals surface area contributed by atoms with Gasteiger partial charge < -0.3 is 4.74 Å². The molecular formula is C16H22N2O. The van der Waals surface area contributed by atoms with E-state index in [1.165, 1.54) is 19.4 Å². The average molecular weight is 258 g/mol. The molecule has 19 heavy (non-hydrogen) atoms. The lowest BCUT2D eigenvalue weighted by atomic mass is 10.2. The first kappa shape index (κ1) is 13.9. The summed E-state index contributed by atoms with van der Waals surface area (Å²) in [7, 11) is 0. The molecule has 0 aromatic heterocycles. The molecule has 0 saturated heterocycles. The minimum Gasteiger partial charge on any atom is -0.492 e. The van der Waals surface area contributed by atoms with Crippen LogP contribution in [0.2, 0.25) is 0 Å². The van der Waals surface area contributed by atoms with Crippen LogP contribution in [0.5, 0.6) is 5.75 Å². The summed E-state index contributed by atoms with van der Waals surface area (Å²) in [6.45, 7) is 7.35. The Balaban J connectivity index is 1.75. The van der Waals surface area contributed by atoms with E-state index in [-0.39, 0.29) is 0 Å². The van der Waals surface area contributed by atoms with Gasteiger partial charge >= 0.3 is 0 Å². The summed E-state index contributed by atoms with van der Waals surface area (Å²) >= 11 is 0. The van der Waals surface area contributed by atoms with E-state index < -0.39 is 0 Å². The van der Waals surface area contributed by atoms with Crippen LogP contribution in [0.1, 0.15) is 32.3 Å². The van der Waals surface area contributed by atoms with Crippen LogP contribution in [0.25, 0.3) is 0 Å². The fourth-order valence-corrected chi connectivity index (χ4v) is 2.10. The smallest absolute Gasteiger partial charge is 0.119 e. The van der Waals surface area contributed by atoms with E-state index in [9.17, 15) is 0 Å². The zero-order valence-corrected chi connectivity index (χ0v) is 11.8. The predicted octanol–water partition coefficient (Wildman–Crippen LogP) is 3.06. The van der Waals surface area contributed by atoms with E-state index in [0.29, 0.717) is 18.2 Å². The first-order chi connectivity index (χ1) is 9.19. The quantitative estimate of drug-likeness (QED) is 0.754. The normalized spacial score (nSPS) is 14.7. The Labute approximate surface area is 115 Å². The Morgan fingerprint density at radius 3 is 2.53 bits per heavy atom. The molecule has 0 atom stereocenters. The minimum absolute atomic E-state index is 0.574. The maximum absolute atomic E-state index is 8.73. The maximum atomic E-state index is 8.73. The van der Waals surface area contributed by atoms with Crippen LogP contribution >= 0.6 is 0 Å². The SMILES string of the molecule is CC(C)N(CCOc1ccc(C#N)cc1)CC1CC1. The Kier molecular flexibility index (Phi) is 4.81. The van der Waals surface area contributed by atoms with Gasteiger partial charge in [0.2, 0.25) is 0 Å². The first-order valence-corrected chi connectivity index (χ1v) is 7.06. The van der Waals surface area contributed by atoms with Crippen LogP contribution < -0.4 is 4.74 Å². The molecule has 1 aliphatic rings. The molecule has 0 heterocycles. The second-order valence-electron chi connectivity index (χ2n) is 5.52. The van der Waals surface area contributed by atoms with E-state index >= 15 is 0 Å². The van der Waals surface area contributed by atoms with Crippen LogP contribution in [0.3, 0.4) is 0 Å². The lowest BCUT2D eigenvalue weighted by Gasteiger charge is -2.26. The molecule has 0 unspecified atom stereocenters. The lowest BCUT2D eigenvalue weighted by molar-refractivity contribution is 0.170. The van der Waals surface area contributed by atoms with Crippen molar-refractivity contribution in [2.75, 3.05) is 19.7 Å². The Hall–Kier alpha value is -1.53. The number of nitrogens with zero attached hydrogens (tertiary/aromatic N) is 2. The van der Waals surface area contributed by atoms with Crippen molar-refractivity contribution in [1.29, 1.82) is 5.26 Å². The van der Waals surface area contributed by atoms with Crippen LogP contribution in [0.4, 0.5) is 0 Å². The molecule has 1 fully saturated rings. The van der Waals surface area contributed by atoms with Crippen molar-refractivity contribution in [2.45, 2.75) is 32.7 Å². The van der Waals surface area contributed by atoms with Crippen LogP contribution in [-0.2, 0) is 0 Å². The summed E-state index contributed by atoms with van der Waals surface area (Å²) in [5, 5.41) is 8.73. The van der Waals surface area contributed by atoms with Gasteiger partial charge in [0.15, 0.2) is 0 Å². The van der Waals surface area contributed by atoms with Gasteiger partial charge in [-0.25, -0.2) is 0 Å². The molecule has 0 bridgehead atoms. The molecule has 2 rings (SSSR count). The fraction of sp³-hybridized carbons (Fsp3) is 0.562. The van der Waals surface area contributed by atoms with Crippen molar-refractivity contribution < 1.29 is 4.74 Å². The van der Waals surface area contributed by atoms with E-state index in [2.05, 4.69) is 24.8 Å². The van der Waals surface area contributed by atoms with Gasteiger partial charge in [-0.05, 0) is 56.9 Å². The monoisotopic (exact) mass is 258 g/mol. The molecule has 0 amide bonds. The molecule has 102 valence electrons. The fourth-order valence-electron chi connectivity index (χ4n) is 2.10. The summed E-state index contributed by atoms with van der Waals surface area (Å²) in [5.74, 6) is 1.76. The number of rotatable bonds is 7. The minimum atomic E-state index is 0.574. The molecule has 1 aromatic carbocycles. The standard InChI is InChI=1S/C16H22N2O/c1-13(2)18(12-15-3-4-15)9-10-19-16-7-5-14(11-17)6-8-16/h5-8,13,15H,3-4,9-10,12H2,1-2H3. The molecule has 1 aromatic rings. The van der Waals surface area contributed by atoms with Crippen molar-refractivity contribution >= 4 is 0 Å². The van der Waals surface area contributed by atoms with Gasteiger partial charge in [-0.2, -0.15) is 5.26 Å². The number of hydrogen-bond donors (Lipinski definition) is 0. The maximum Gasteiger partial charge on any atom is 0.119 e. The van der Waals surface area contributed by atoms with Gasteiger partial charge in [-0.1, -0.05) is 0 Å². The van der Waals surface area contributed by atoms with Crippen molar-refractivity contribution in [1.82, 2.24) is 4.90 Å². The highest BCUT2D eigenvalue weighted by molar-refractivity contribution is 5.34. The van der Waals surface area contributed by atoms with Crippen LogP contribution in [0, 0.1) is 17.2 Å². The molecular weight excluding hydrogens is 236 g/mol. The van der Waals surface area contributed by atoms with Gasteiger partial charge in [-0.15, -0.1) is 0 Å². The van der Waals surface area contributed by atoms with Gasteiger partial charge in [0, 0.05) is 19.1 Å². The van der Waals surface area contributed by atoms with E-state index in [0.717, 1.165) is 18.2 Å². The zero-order valence-electron chi connectivity index (χ0n) is 11.8. The van der Waals surface area contributed by atoms with Gasteiger partial charge in [0.25, 0.3) is 0 Å². The van der Waals surface area contributed by atoms with E-state index in [4.69, 9.17) is 10.00 Å². The highest BCUT2D eigenvalue weighted by Gasteiger charge is 2.25. The molecule has 1 saturated carbocycles. The third-order valence-corrected chi connectivity index (χ3v) is 3.55. The van der Waals surface area contributed by atoms with Crippen LogP contribution in [0.15, 0.2) is 24.3 Å². The second-order valence-corrected chi connectivity index (χ2v) is 5.52. The van der Waals surface area contributed by atoms with Gasteiger partial charge in [-0.3, -0.25) is 4.90 Å².